The number of hydrogen-bond donors (Lipinski definition) is 0. The highest BCUT2D eigenvalue weighted by atomic mass is 35.5. The first-order valence-corrected chi connectivity index (χ1v) is 7.47. The van der Waals surface area contributed by atoms with Crippen LogP contribution in [0.1, 0.15) is 11.1 Å². The maximum Gasteiger partial charge on any atom is 0.134 e. The normalized spacial score (nSPS) is 15.3. The minimum atomic E-state index is 0.554. The van der Waals surface area contributed by atoms with E-state index >= 15 is 0 Å². The smallest absolute Gasteiger partial charge is 0.134 e. The molecular formula is C16H19ClN4. The Labute approximate surface area is 130 Å². The van der Waals surface area contributed by atoms with Gasteiger partial charge in [0.05, 0.1) is 0 Å². The molecule has 1 aromatic carbocycles. The molecule has 0 atom stereocenters. The van der Waals surface area contributed by atoms with Crippen LogP contribution in [-0.2, 0) is 6.54 Å². The van der Waals surface area contributed by atoms with Crippen molar-refractivity contribution in [2.24, 2.45) is 0 Å². The van der Waals surface area contributed by atoms with Crippen LogP contribution in [0.2, 0.25) is 5.02 Å². The van der Waals surface area contributed by atoms with Gasteiger partial charge in [-0.25, -0.2) is 9.97 Å². The molecule has 0 N–H and O–H groups in total. The van der Waals surface area contributed by atoms with Crippen LogP contribution in [0.25, 0.3) is 0 Å². The maximum atomic E-state index is 6.04. The quantitative estimate of drug-likeness (QED) is 0.869. The molecule has 1 aromatic heterocycles. The maximum absolute atomic E-state index is 6.04. The van der Waals surface area contributed by atoms with Crippen LogP contribution >= 0.6 is 11.6 Å². The van der Waals surface area contributed by atoms with Crippen molar-refractivity contribution in [2.45, 2.75) is 19.5 Å². The van der Waals surface area contributed by atoms with Crippen molar-refractivity contribution in [1.82, 2.24) is 14.9 Å². The van der Waals surface area contributed by atoms with Gasteiger partial charge in [-0.15, -0.1) is 0 Å². The van der Waals surface area contributed by atoms with Crippen LogP contribution in [0, 0.1) is 6.92 Å². The third kappa shape index (κ3) is 3.17. The van der Waals surface area contributed by atoms with E-state index in [1.54, 1.807) is 6.33 Å². The topological polar surface area (TPSA) is 32.3 Å². The van der Waals surface area contributed by atoms with Crippen molar-refractivity contribution in [3.05, 3.63) is 52.9 Å². The number of nitrogens with zero attached hydrogens (tertiary/aromatic N) is 4. The molecule has 1 fully saturated rings. The van der Waals surface area contributed by atoms with Gasteiger partial charge in [-0.2, -0.15) is 0 Å². The number of hydrogen-bond acceptors (Lipinski definition) is 4. The molecule has 3 rings (SSSR count). The molecule has 2 aromatic rings. The van der Waals surface area contributed by atoms with E-state index in [1.165, 1.54) is 5.56 Å². The largest absolute Gasteiger partial charge is 0.353 e. The van der Waals surface area contributed by atoms with Crippen molar-refractivity contribution in [3.8, 4) is 0 Å². The first-order valence-electron chi connectivity index (χ1n) is 7.09. The molecule has 1 aliphatic rings. The summed E-state index contributed by atoms with van der Waals surface area (Å²) in [6.45, 7) is 4.99. The number of benzene rings is 1. The zero-order chi connectivity index (χ0) is 14.8. The Balaban J connectivity index is 1.57. The summed E-state index contributed by atoms with van der Waals surface area (Å²) in [4.78, 5) is 13.1. The van der Waals surface area contributed by atoms with E-state index in [2.05, 4.69) is 39.8 Å². The number of halogens is 1. The van der Waals surface area contributed by atoms with Gasteiger partial charge in [0.1, 0.15) is 12.1 Å². The fourth-order valence-electron chi connectivity index (χ4n) is 2.68. The first-order chi connectivity index (χ1) is 10.1. The summed E-state index contributed by atoms with van der Waals surface area (Å²) >= 11 is 6.04. The fraction of sp³-hybridized carbons (Fsp3) is 0.375. The zero-order valence-corrected chi connectivity index (χ0v) is 13.1. The summed E-state index contributed by atoms with van der Waals surface area (Å²) in [6, 6.07) is 8.62. The van der Waals surface area contributed by atoms with Crippen LogP contribution in [0.5, 0.6) is 0 Å². The van der Waals surface area contributed by atoms with Crippen molar-refractivity contribution in [3.63, 3.8) is 0 Å². The Morgan fingerprint density at radius 2 is 2.19 bits per heavy atom. The lowest BCUT2D eigenvalue weighted by molar-refractivity contribution is 0.196. The lowest BCUT2D eigenvalue weighted by Crippen LogP contribution is -2.58. The van der Waals surface area contributed by atoms with Gasteiger partial charge in [0.25, 0.3) is 0 Å². The van der Waals surface area contributed by atoms with Crippen molar-refractivity contribution < 1.29 is 0 Å². The zero-order valence-electron chi connectivity index (χ0n) is 12.3. The highest BCUT2D eigenvalue weighted by molar-refractivity contribution is 6.30. The highest BCUT2D eigenvalue weighted by Gasteiger charge is 2.31. The molecule has 4 nitrogen and oxygen atoms in total. The second-order valence-electron chi connectivity index (χ2n) is 5.63. The molecule has 0 aliphatic carbocycles. The Hall–Kier alpha value is -1.65. The van der Waals surface area contributed by atoms with Crippen LogP contribution in [0.4, 0.5) is 5.82 Å². The standard InChI is InChI=1S/C16H19ClN4/c1-12-7-18-11-19-16(12)21-9-15(10-21)20(2)8-13-4-3-5-14(17)6-13/h3-7,11,15H,8-10H2,1-2H3. The van der Waals surface area contributed by atoms with Crippen LogP contribution in [-0.4, -0.2) is 41.0 Å². The number of aromatic nitrogens is 2. The van der Waals surface area contributed by atoms with Crippen molar-refractivity contribution in [2.75, 3.05) is 25.0 Å². The second kappa shape index (κ2) is 6.00. The molecule has 2 heterocycles. The van der Waals surface area contributed by atoms with Crippen LogP contribution in [0.15, 0.2) is 36.8 Å². The van der Waals surface area contributed by atoms with E-state index in [1.807, 2.05) is 24.4 Å². The second-order valence-corrected chi connectivity index (χ2v) is 6.07. The summed E-state index contributed by atoms with van der Waals surface area (Å²) in [5.74, 6) is 1.05. The van der Waals surface area contributed by atoms with Gasteiger partial charge in [-0.1, -0.05) is 23.7 Å². The molecule has 5 heteroatoms. The average Bonchev–Trinajstić information content (AvgIpc) is 2.39. The van der Waals surface area contributed by atoms with Gasteiger partial charge >= 0.3 is 0 Å². The van der Waals surface area contributed by atoms with Crippen molar-refractivity contribution in [1.29, 1.82) is 0 Å². The molecule has 1 saturated heterocycles. The summed E-state index contributed by atoms with van der Waals surface area (Å²) < 4.78 is 0. The summed E-state index contributed by atoms with van der Waals surface area (Å²) in [6.07, 6.45) is 3.48. The van der Waals surface area contributed by atoms with E-state index in [4.69, 9.17) is 11.6 Å². The monoisotopic (exact) mass is 302 g/mol. The SMILES string of the molecule is Cc1cncnc1N1CC(N(C)Cc2cccc(Cl)c2)C1. The van der Waals surface area contributed by atoms with E-state index in [0.717, 1.165) is 36.0 Å². The predicted octanol–water partition coefficient (Wildman–Crippen LogP) is 2.76. The lowest BCUT2D eigenvalue weighted by atomic mass is 10.1. The molecule has 110 valence electrons. The molecule has 21 heavy (non-hydrogen) atoms. The molecule has 1 aliphatic heterocycles. The Morgan fingerprint density at radius 1 is 1.38 bits per heavy atom. The van der Waals surface area contributed by atoms with E-state index in [0.29, 0.717) is 6.04 Å². The molecule has 0 bridgehead atoms. The molecule has 0 radical (unpaired) electrons. The average molecular weight is 303 g/mol. The Kier molecular flexibility index (Phi) is 4.08. The number of aryl methyl sites for hydroxylation is 1. The summed E-state index contributed by atoms with van der Waals surface area (Å²) in [5.41, 5.74) is 2.38. The van der Waals surface area contributed by atoms with Crippen LogP contribution < -0.4 is 4.90 Å². The summed E-state index contributed by atoms with van der Waals surface area (Å²) in [7, 11) is 2.16. The van der Waals surface area contributed by atoms with Gasteiger partial charge in [0.2, 0.25) is 0 Å². The van der Waals surface area contributed by atoms with Gasteiger partial charge in [-0.05, 0) is 31.7 Å². The molecule has 0 unspecified atom stereocenters. The highest BCUT2D eigenvalue weighted by Crippen LogP contribution is 2.24. The van der Waals surface area contributed by atoms with E-state index in [-0.39, 0.29) is 0 Å². The first kappa shape index (κ1) is 14.3. The third-order valence-electron chi connectivity index (χ3n) is 3.97. The predicted molar refractivity (Wildman–Crippen MR) is 85.7 cm³/mol. The minimum Gasteiger partial charge on any atom is -0.353 e. The van der Waals surface area contributed by atoms with Gasteiger partial charge < -0.3 is 4.90 Å². The van der Waals surface area contributed by atoms with Crippen LogP contribution in [0.3, 0.4) is 0 Å². The summed E-state index contributed by atoms with van der Waals surface area (Å²) in [5, 5.41) is 0.799. The Morgan fingerprint density at radius 3 is 2.90 bits per heavy atom. The molecule has 0 amide bonds. The van der Waals surface area contributed by atoms with Gasteiger partial charge in [0, 0.05) is 42.5 Å². The number of likely N-dealkylation sites (N-methyl/N-ethyl adjacent to an activating group) is 1. The van der Waals surface area contributed by atoms with Gasteiger partial charge in [0.15, 0.2) is 0 Å². The molecule has 0 spiro atoms. The molecular weight excluding hydrogens is 284 g/mol. The van der Waals surface area contributed by atoms with E-state index in [9.17, 15) is 0 Å². The minimum absolute atomic E-state index is 0.554. The fourth-order valence-corrected chi connectivity index (χ4v) is 2.90. The Bertz CT molecular complexity index is 625. The number of rotatable bonds is 4. The number of anilines is 1. The molecule has 0 saturated carbocycles. The van der Waals surface area contributed by atoms with E-state index < -0.39 is 0 Å². The lowest BCUT2D eigenvalue weighted by Gasteiger charge is -2.45. The van der Waals surface area contributed by atoms with Gasteiger partial charge in [-0.3, -0.25) is 4.90 Å². The van der Waals surface area contributed by atoms with Crippen molar-refractivity contribution >= 4 is 17.4 Å². The third-order valence-corrected chi connectivity index (χ3v) is 4.21.